The molecule has 1 fully saturated rings. The number of carbonyl (C=O) groups is 1. The summed E-state index contributed by atoms with van der Waals surface area (Å²) >= 11 is 1.03. The van der Waals surface area contributed by atoms with E-state index in [1.807, 2.05) is 0 Å². The van der Waals surface area contributed by atoms with E-state index in [1.54, 1.807) is 0 Å². The number of aromatic carboxylic acids is 1. The van der Waals surface area contributed by atoms with Crippen molar-refractivity contribution in [1.29, 1.82) is 0 Å². The maximum absolute atomic E-state index is 14.9. The van der Waals surface area contributed by atoms with Crippen LogP contribution in [-0.4, -0.2) is 34.3 Å². The number of carboxylic acid groups (broad SMARTS) is 1. The Hall–Kier alpha value is -4.61. The van der Waals surface area contributed by atoms with Crippen LogP contribution in [0.4, 0.5) is 22.0 Å². The summed E-state index contributed by atoms with van der Waals surface area (Å²) in [5.41, 5.74) is 1.93. The van der Waals surface area contributed by atoms with E-state index in [4.69, 9.17) is 19.4 Å². The van der Waals surface area contributed by atoms with Gasteiger partial charge in [0, 0.05) is 22.9 Å². The van der Waals surface area contributed by atoms with E-state index in [9.17, 15) is 40.3 Å². The van der Waals surface area contributed by atoms with Crippen molar-refractivity contribution in [3.63, 3.8) is 0 Å². The van der Waals surface area contributed by atoms with E-state index in [2.05, 4.69) is 4.98 Å². The molecule has 0 atom stereocenters. The smallest absolute Gasteiger partial charge is 0.449 e. The van der Waals surface area contributed by atoms with Gasteiger partial charge in [-0.3, -0.25) is 0 Å². The Morgan fingerprint density at radius 2 is 1.87 bits per heavy atom. The van der Waals surface area contributed by atoms with Gasteiger partial charge >= 0.3 is 12.1 Å². The summed E-state index contributed by atoms with van der Waals surface area (Å²) in [5, 5.41) is 20.9. The second kappa shape index (κ2) is 12.2. The molecule has 3 heterocycles. The number of hydrogen-bond acceptors (Lipinski definition) is 8. The third kappa shape index (κ3) is 7.06. The van der Waals surface area contributed by atoms with Crippen molar-refractivity contribution in [3.05, 3.63) is 99.6 Å². The molecule has 0 unspecified atom stereocenters. The molecule has 0 saturated heterocycles. The lowest BCUT2D eigenvalue weighted by molar-refractivity contribution is -0.153. The van der Waals surface area contributed by atoms with Gasteiger partial charge in [-0.25, -0.2) is 36.8 Å². The van der Waals surface area contributed by atoms with Crippen LogP contribution in [0.15, 0.2) is 63.2 Å². The number of benzene rings is 2. The molecule has 0 spiro atoms. The first-order valence-corrected chi connectivity index (χ1v) is 16.3. The third-order valence-electron chi connectivity index (χ3n) is 7.36. The number of primary sulfonamides is 1. The Balaban J connectivity index is 1.43. The zero-order chi connectivity index (χ0) is 33.7. The summed E-state index contributed by atoms with van der Waals surface area (Å²) in [6, 6.07) is 9.07. The van der Waals surface area contributed by atoms with Crippen molar-refractivity contribution >= 4 is 27.3 Å². The van der Waals surface area contributed by atoms with Crippen molar-refractivity contribution in [3.8, 4) is 22.1 Å². The number of sulfonamides is 1. The number of thiazole rings is 1. The maximum Gasteiger partial charge on any atom is 0.449 e. The van der Waals surface area contributed by atoms with Crippen LogP contribution in [0.1, 0.15) is 51.7 Å². The molecule has 1 aliphatic rings. The van der Waals surface area contributed by atoms with Gasteiger partial charge < -0.3 is 14.3 Å². The largest absolute Gasteiger partial charge is 0.483 e. The van der Waals surface area contributed by atoms with Crippen molar-refractivity contribution in [2.45, 2.75) is 43.4 Å². The van der Waals surface area contributed by atoms with Gasteiger partial charge in [-0.05, 0) is 73.2 Å². The highest BCUT2D eigenvalue weighted by atomic mass is 32.2. The van der Waals surface area contributed by atoms with Crippen LogP contribution >= 0.6 is 11.3 Å². The quantitative estimate of drug-likeness (QED) is 0.152. The second-order valence-corrected chi connectivity index (χ2v) is 13.2. The molecule has 10 nitrogen and oxygen atoms in total. The van der Waals surface area contributed by atoms with Crippen molar-refractivity contribution < 1.29 is 49.4 Å². The van der Waals surface area contributed by atoms with Gasteiger partial charge in [0.2, 0.25) is 20.9 Å². The molecule has 3 aromatic heterocycles. The number of hydrogen-bond donors (Lipinski definition) is 2. The first-order chi connectivity index (χ1) is 22.2. The van der Waals surface area contributed by atoms with Gasteiger partial charge in [-0.15, -0.1) is 11.3 Å². The minimum Gasteiger partial charge on any atom is -0.483 e. The summed E-state index contributed by atoms with van der Waals surface area (Å²) in [4.78, 5) is 15.1. The second-order valence-electron chi connectivity index (χ2n) is 10.8. The van der Waals surface area contributed by atoms with E-state index in [-0.39, 0.29) is 40.4 Å². The number of rotatable bonds is 11. The minimum absolute atomic E-state index is 0.0244. The number of furan rings is 1. The molecule has 1 aliphatic carbocycles. The van der Waals surface area contributed by atoms with Crippen molar-refractivity contribution in [1.82, 2.24) is 14.8 Å². The Morgan fingerprint density at radius 3 is 2.49 bits per heavy atom. The molecule has 5 aromatic rings. The molecule has 17 heteroatoms. The van der Waals surface area contributed by atoms with Crippen LogP contribution < -0.4 is 9.88 Å². The highest BCUT2D eigenvalue weighted by molar-refractivity contribution is 7.89. The lowest BCUT2D eigenvalue weighted by Crippen LogP contribution is -2.14. The van der Waals surface area contributed by atoms with Crippen LogP contribution in [0.5, 0.6) is 5.75 Å². The highest BCUT2D eigenvalue weighted by Crippen LogP contribution is 2.39. The molecular formula is C30H23F5N4O6S2. The first-order valence-electron chi connectivity index (χ1n) is 13.9. The molecule has 0 amide bonds. The molecule has 6 rings (SSSR count). The van der Waals surface area contributed by atoms with E-state index in [0.717, 1.165) is 54.5 Å². The molecular weight excluding hydrogens is 671 g/mol. The number of ether oxygens (including phenoxy) is 1. The molecule has 0 aliphatic heterocycles. The van der Waals surface area contributed by atoms with Crippen molar-refractivity contribution in [2.24, 2.45) is 11.1 Å². The van der Waals surface area contributed by atoms with Gasteiger partial charge in [-0.1, -0.05) is 6.07 Å². The molecule has 0 bridgehead atoms. The number of nitrogens with two attached hydrogens (primary N) is 1. The fourth-order valence-electron chi connectivity index (χ4n) is 4.93. The first kappa shape index (κ1) is 32.3. The number of carboxylic acids is 1. The predicted molar refractivity (Wildman–Crippen MR) is 157 cm³/mol. The Labute approximate surface area is 267 Å². The highest BCUT2D eigenvalue weighted by Gasteiger charge is 2.35. The average molecular weight is 695 g/mol. The monoisotopic (exact) mass is 694 g/mol. The fraction of sp³-hybridized carbons (Fsp3) is 0.233. The van der Waals surface area contributed by atoms with Gasteiger partial charge in [-0.2, -0.15) is 18.3 Å². The Bertz CT molecular complexity index is 2100. The van der Waals surface area contributed by atoms with Crippen LogP contribution in [0, 0.1) is 17.6 Å². The number of nitrogens with zero attached hydrogens (tertiary/aromatic N) is 3. The van der Waals surface area contributed by atoms with E-state index in [0.29, 0.717) is 28.8 Å². The van der Waals surface area contributed by atoms with Crippen LogP contribution in [0.2, 0.25) is 0 Å². The van der Waals surface area contributed by atoms with Gasteiger partial charge in [0.1, 0.15) is 23.1 Å². The summed E-state index contributed by atoms with van der Waals surface area (Å²) in [5.74, 6) is -4.58. The lowest BCUT2D eigenvalue weighted by Gasteiger charge is -2.11. The normalized spacial score (nSPS) is 13.7. The lowest BCUT2D eigenvalue weighted by atomic mass is 9.96. The standard InChI is InChI=1S/C30H23F5N4O6S2/c31-20-6-4-17(12-24(20)44-13-18-5-8-26(45-18)30(33,34)35)27-19(9-16-3-7-25(21(32)10-16)47(36,42)43)23(11-15-1-2-15)39(38-27)29-37-22(14-46-29)28(40)41/h3-8,10,12,14-15H,1-2,9,11,13H2,(H,40,41)(H2,36,42,43). The fourth-order valence-corrected chi connectivity index (χ4v) is 6.29. The zero-order valence-electron chi connectivity index (χ0n) is 23.9. The minimum atomic E-state index is -4.71. The van der Waals surface area contributed by atoms with E-state index in [1.165, 1.54) is 28.3 Å². The molecule has 47 heavy (non-hydrogen) atoms. The van der Waals surface area contributed by atoms with E-state index < -0.39 is 51.1 Å². The molecule has 1 saturated carbocycles. The van der Waals surface area contributed by atoms with Crippen molar-refractivity contribution in [2.75, 3.05) is 0 Å². The SMILES string of the molecule is NS(=O)(=O)c1ccc(Cc2c(-c3ccc(F)c(OCc4ccc(C(F)(F)F)o4)c3)nn(-c3nc(C(=O)O)cs3)c2CC2CC2)cc1F. The molecule has 3 N–H and O–H groups in total. The number of halogens is 5. The third-order valence-corrected chi connectivity index (χ3v) is 9.12. The van der Waals surface area contributed by atoms with Crippen LogP contribution in [0.25, 0.3) is 16.4 Å². The molecule has 2 aromatic carbocycles. The van der Waals surface area contributed by atoms with Gasteiger partial charge in [0.05, 0.1) is 11.4 Å². The maximum atomic E-state index is 14.9. The summed E-state index contributed by atoms with van der Waals surface area (Å²) < 4.78 is 104. The Kier molecular flexibility index (Phi) is 8.39. The number of alkyl halides is 3. The van der Waals surface area contributed by atoms with Gasteiger partial charge in [0.15, 0.2) is 17.3 Å². The zero-order valence-corrected chi connectivity index (χ0v) is 25.6. The topological polar surface area (TPSA) is 151 Å². The average Bonchev–Trinajstić information content (AvgIpc) is 3.34. The molecule has 0 radical (unpaired) electrons. The van der Waals surface area contributed by atoms with E-state index >= 15 is 0 Å². The van der Waals surface area contributed by atoms with Crippen LogP contribution in [0.3, 0.4) is 0 Å². The van der Waals surface area contributed by atoms with Gasteiger partial charge in [0.25, 0.3) is 0 Å². The number of aromatic nitrogens is 3. The Morgan fingerprint density at radius 1 is 1.11 bits per heavy atom. The van der Waals surface area contributed by atoms with Crippen LogP contribution in [-0.2, 0) is 35.6 Å². The summed E-state index contributed by atoms with van der Waals surface area (Å²) in [6.07, 6.45) is -2.34. The summed E-state index contributed by atoms with van der Waals surface area (Å²) in [6.45, 7) is -0.516. The summed E-state index contributed by atoms with van der Waals surface area (Å²) in [7, 11) is -4.33. The predicted octanol–water partition coefficient (Wildman–Crippen LogP) is 6.35. The molecule has 246 valence electrons.